The topological polar surface area (TPSA) is 50.8 Å². The molecule has 0 fully saturated rings. The van der Waals surface area contributed by atoms with E-state index < -0.39 is 0 Å². The molecule has 0 aliphatic carbocycles. The predicted molar refractivity (Wildman–Crippen MR) is 129 cm³/mol. The van der Waals surface area contributed by atoms with E-state index >= 15 is 0 Å². The molecule has 3 aromatic carbocycles. The molecule has 0 aliphatic heterocycles. The van der Waals surface area contributed by atoms with Gasteiger partial charge in [-0.1, -0.05) is 59.6 Å². The molecule has 0 amide bonds. The van der Waals surface area contributed by atoms with Gasteiger partial charge in [0.25, 0.3) is 0 Å². The number of pyridine rings is 1. The van der Waals surface area contributed by atoms with Gasteiger partial charge in [-0.15, -0.1) is 0 Å². The second-order valence-corrected chi connectivity index (χ2v) is 8.34. The van der Waals surface area contributed by atoms with Crippen molar-refractivity contribution in [1.82, 2.24) is 15.0 Å². The number of hydrogen-bond donors (Lipinski definition) is 1. The van der Waals surface area contributed by atoms with Crippen LogP contribution in [0.4, 0.5) is 0 Å². The van der Waals surface area contributed by atoms with E-state index in [2.05, 4.69) is 9.97 Å². The minimum atomic E-state index is 0.491. The van der Waals surface area contributed by atoms with Gasteiger partial charge in [-0.2, -0.15) is 0 Å². The number of ether oxygens (including phenoxy) is 1. The van der Waals surface area contributed by atoms with Crippen LogP contribution in [-0.2, 0) is 13.0 Å². The van der Waals surface area contributed by atoms with Gasteiger partial charge in [-0.05, 0) is 54.1 Å². The number of H-pyrrole nitrogens is 1. The van der Waals surface area contributed by atoms with Crippen molar-refractivity contribution in [2.75, 3.05) is 0 Å². The minimum Gasteiger partial charge on any atom is -0.489 e. The Bertz CT molecular complexity index is 1380. The first-order chi connectivity index (χ1) is 15.6. The number of imidazole rings is 1. The smallest absolute Gasteiger partial charge is 0.157 e. The van der Waals surface area contributed by atoms with E-state index in [1.807, 2.05) is 84.9 Å². The molecular formula is C26H19Cl2N3O. The molecule has 0 saturated heterocycles. The summed E-state index contributed by atoms with van der Waals surface area (Å²) in [6.45, 7) is 0.491. The summed E-state index contributed by atoms with van der Waals surface area (Å²) < 4.78 is 6.10. The quantitative estimate of drug-likeness (QED) is 0.294. The third kappa shape index (κ3) is 4.62. The van der Waals surface area contributed by atoms with E-state index in [9.17, 15) is 0 Å². The summed E-state index contributed by atoms with van der Waals surface area (Å²) in [6.07, 6.45) is 0.588. The van der Waals surface area contributed by atoms with Crippen molar-refractivity contribution in [3.63, 3.8) is 0 Å². The third-order valence-electron chi connectivity index (χ3n) is 5.12. The van der Waals surface area contributed by atoms with Crippen molar-refractivity contribution in [1.29, 1.82) is 0 Å². The Morgan fingerprint density at radius 3 is 2.47 bits per heavy atom. The number of nitrogens with one attached hydrogen (secondary N) is 1. The summed E-state index contributed by atoms with van der Waals surface area (Å²) in [4.78, 5) is 12.8. The predicted octanol–water partition coefficient (Wildman–Crippen LogP) is 7.10. The van der Waals surface area contributed by atoms with Crippen molar-refractivity contribution in [2.24, 2.45) is 0 Å². The second-order valence-electron chi connectivity index (χ2n) is 7.46. The van der Waals surface area contributed by atoms with Crippen molar-refractivity contribution in [3.05, 3.63) is 112 Å². The fourth-order valence-corrected chi connectivity index (χ4v) is 3.94. The summed E-state index contributed by atoms with van der Waals surface area (Å²) in [6, 6.07) is 27.3. The van der Waals surface area contributed by atoms with Crippen molar-refractivity contribution in [3.8, 4) is 17.3 Å². The fourth-order valence-electron chi connectivity index (χ4n) is 3.57. The largest absolute Gasteiger partial charge is 0.489 e. The summed E-state index contributed by atoms with van der Waals surface area (Å²) in [5, 5.41) is 1.33. The molecule has 4 nitrogen and oxygen atoms in total. The van der Waals surface area contributed by atoms with Gasteiger partial charge in [0.1, 0.15) is 18.1 Å². The maximum absolute atomic E-state index is 6.28. The zero-order valence-corrected chi connectivity index (χ0v) is 18.6. The van der Waals surface area contributed by atoms with Crippen molar-refractivity contribution in [2.45, 2.75) is 13.0 Å². The molecule has 0 bridgehead atoms. The van der Waals surface area contributed by atoms with Crippen LogP contribution >= 0.6 is 23.2 Å². The van der Waals surface area contributed by atoms with Gasteiger partial charge < -0.3 is 9.72 Å². The Hall–Kier alpha value is -3.34. The van der Waals surface area contributed by atoms with Crippen molar-refractivity contribution < 1.29 is 4.74 Å². The summed E-state index contributed by atoms with van der Waals surface area (Å²) in [5.41, 5.74) is 5.48. The number of rotatable bonds is 6. The lowest BCUT2D eigenvalue weighted by Gasteiger charge is -2.12. The molecule has 0 atom stereocenters. The highest BCUT2D eigenvalue weighted by Crippen LogP contribution is 2.27. The fraction of sp³-hybridized carbons (Fsp3) is 0.0769. The molecule has 0 saturated carbocycles. The molecular weight excluding hydrogens is 441 g/mol. The van der Waals surface area contributed by atoms with Crippen LogP contribution in [0, 0.1) is 0 Å². The Kier molecular flexibility index (Phi) is 5.80. The first-order valence-electron chi connectivity index (χ1n) is 10.2. The lowest BCUT2D eigenvalue weighted by molar-refractivity contribution is 0.303. The Balaban J connectivity index is 1.41. The molecule has 32 heavy (non-hydrogen) atoms. The molecule has 1 N–H and O–H groups in total. The van der Waals surface area contributed by atoms with Crippen LogP contribution < -0.4 is 4.74 Å². The lowest BCUT2D eigenvalue weighted by Crippen LogP contribution is -2.01. The maximum atomic E-state index is 6.28. The molecule has 6 heteroatoms. The normalized spacial score (nSPS) is 11.1. The molecule has 0 radical (unpaired) electrons. The molecule has 2 aromatic heterocycles. The Morgan fingerprint density at radius 1 is 0.781 bits per heavy atom. The maximum Gasteiger partial charge on any atom is 0.157 e. The minimum absolute atomic E-state index is 0.491. The SMILES string of the molecule is Clc1ccc(OCc2ccccc2)c(Cc2cccc(-c3nc4ccc(Cl)cc4[nH]3)n2)c1. The summed E-state index contributed by atoms with van der Waals surface area (Å²) >= 11 is 12.4. The van der Waals surface area contributed by atoms with Gasteiger partial charge in [-0.25, -0.2) is 9.97 Å². The first kappa shape index (κ1) is 20.6. The van der Waals surface area contributed by atoms with Gasteiger partial charge in [0, 0.05) is 27.7 Å². The molecule has 0 aliphatic rings. The van der Waals surface area contributed by atoms with E-state index in [1.165, 1.54) is 0 Å². The van der Waals surface area contributed by atoms with Gasteiger partial charge in [-0.3, -0.25) is 0 Å². The van der Waals surface area contributed by atoms with Crippen LogP contribution in [0.15, 0.2) is 84.9 Å². The molecule has 5 rings (SSSR count). The van der Waals surface area contributed by atoms with Crippen LogP contribution in [0.3, 0.4) is 0 Å². The van der Waals surface area contributed by atoms with E-state index in [1.54, 1.807) is 0 Å². The van der Waals surface area contributed by atoms with Crippen LogP contribution in [0.1, 0.15) is 16.8 Å². The number of benzene rings is 3. The Morgan fingerprint density at radius 2 is 1.59 bits per heavy atom. The van der Waals surface area contributed by atoms with Crippen LogP contribution in [0.25, 0.3) is 22.6 Å². The number of aromatic amines is 1. The second kappa shape index (κ2) is 9.03. The van der Waals surface area contributed by atoms with Crippen LogP contribution in [0.5, 0.6) is 5.75 Å². The van der Waals surface area contributed by atoms with E-state index in [0.29, 0.717) is 28.9 Å². The van der Waals surface area contributed by atoms with Crippen LogP contribution in [-0.4, -0.2) is 15.0 Å². The average Bonchev–Trinajstić information content (AvgIpc) is 3.23. The third-order valence-corrected chi connectivity index (χ3v) is 5.59. The number of aromatic nitrogens is 3. The standard InChI is InChI=1S/C26H19Cl2N3O/c27-19-10-12-25(32-16-17-5-2-1-3-6-17)18(13-19)14-21-7-4-8-23(29-21)26-30-22-11-9-20(28)15-24(22)31-26/h1-13,15H,14,16H2,(H,30,31). The number of halogens is 2. The van der Waals surface area contributed by atoms with Gasteiger partial charge in [0.2, 0.25) is 0 Å². The monoisotopic (exact) mass is 459 g/mol. The zero-order valence-electron chi connectivity index (χ0n) is 17.1. The van der Waals surface area contributed by atoms with Crippen molar-refractivity contribution >= 4 is 34.2 Å². The molecule has 0 unspecified atom stereocenters. The van der Waals surface area contributed by atoms with Gasteiger partial charge in [0.15, 0.2) is 5.82 Å². The highest BCUT2D eigenvalue weighted by atomic mass is 35.5. The summed E-state index contributed by atoms with van der Waals surface area (Å²) in [7, 11) is 0. The average molecular weight is 460 g/mol. The first-order valence-corrected chi connectivity index (χ1v) is 11.0. The number of hydrogen-bond acceptors (Lipinski definition) is 3. The summed E-state index contributed by atoms with van der Waals surface area (Å²) in [5.74, 6) is 1.50. The molecule has 5 aromatic rings. The van der Waals surface area contributed by atoms with Gasteiger partial charge >= 0.3 is 0 Å². The van der Waals surface area contributed by atoms with Gasteiger partial charge in [0.05, 0.1) is 11.0 Å². The zero-order chi connectivity index (χ0) is 21.9. The highest BCUT2D eigenvalue weighted by molar-refractivity contribution is 6.31. The van der Waals surface area contributed by atoms with Crippen LogP contribution in [0.2, 0.25) is 10.0 Å². The van der Waals surface area contributed by atoms with E-state index in [4.69, 9.17) is 32.9 Å². The number of fused-ring (bicyclic) bond motifs is 1. The molecule has 0 spiro atoms. The lowest BCUT2D eigenvalue weighted by atomic mass is 10.1. The highest BCUT2D eigenvalue weighted by Gasteiger charge is 2.11. The van der Waals surface area contributed by atoms with E-state index in [0.717, 1.165) is 39.3 Å². The molecule has 158 valence electrons. The number of nitrogens with zero attached hydrogens (tertiary/aromatic N) is 2. The Labute approximate surface area is 195 Å². The molecule has 2 heterocycles. The van der Waals surface area contributed by atoms with E-state index in [-0.39, 0.29) is 0 Å².